The van der Waals surface area contributed by atoms with Crippen LogP contribution in [0.2, 0.25) is 0 Å². The van der Waals surface area contributed by atoms with E-state index in [0.29, 0.717) is 5.56 Å². The van der Waals surface area contributed by atoms with Gasteiger partial charge in [0, 0.05) is 0 Å². The average Bonchev–Trinajstić information content (AvgIpc) is 2.44. The minimum absolute atomic E-state index is 0.632. The molecule has 12 heavy (non-hydrogen) atoms. The molecule has 0 fully saturated rings. The van der Waals surface area contributed by atoms with Crippen LogP contribution in [0, 0.1) is 11.3 Å². The zero-order chi connectivity index (χ0) is 8.55. The Hall–Kier alpha value is -1.43. The van der Waals surface area contributed by atoms with Crippen LogP contribution >= 0.6 is 0 Å². The average molecular weight is 162 g/mol. The fourth-order valence-corrected chi connectivity index (χ4v) is 1.81. The molecule has 1 aliphatic carbocycles. The van der Waals surface area contributed by atoms with Crippen molar-refractivity contribution < 1.29 is 5.21 Å². The predicted molar refractivity (Wildman–Crippen MR) is 43.0 cm³/mol. The lowest BCUT2D eigenvalue weighted by Crippen LogP contribution is -2.05. The van der Waals surface area contributed by atoms with Gasteiger partial charge >= 0.3 is 0 Å². The van der Waals surface area contributed by atoms with Crippen molar-refractivity contribution in [3.8, 4) is 6.07 Å². The number of hydrogen-bond acceptors (Lipinski definition) is 2. The van der Waals surface area contributed by atoms with Crippen LogP contribution in [0.4, 0.5) is 0 Å². The predicted octanol–water partition coefficient (Wildman–Crippen LogP) is 1.48. The molecule has 0 radical (unpaired) electrons. The first-order valence-electron chi connectivity index (χ1n) is 4.15. The number of nitriles is 1. The summed E-state index contributed by atoms with van der Waals surface area (Å²) < 4.78 is 1.10. The molecule has 0 unspecified atom stereocenters. The molecular formula is C9H10N2O. The summed E-state index contributed by atoms with van der Waals surface area (Å²) in [4.78, 5) is 0. The largest absolute Gasteiger partial charge is 0.429 e. The Morgan fingerprint density at radius 3 is 2.92 bits per heavy atom. The lowest BCUT2D eigenvalue weighted by molar-refractivity contribution is 0.176. The minimum Gasteiger partial charge on any atom is -0.429 e. The molecule has 1 N–H and O–H groups in total. The van der Waals surface area contributed by atoms with Crippen molar-refractivity contribution in [3.05, 3.63) is 23.0 Å². The van der Waals surface area contributed by atoms with Crippen LogP contribution in [0.3, 0.4) is 0 Å². The minimum atomic E-state index is 0.632. The molecule has 1 heterocycles. The number of hydrogen-bond donors (Lipinski definition) is 1. The second kappa shape index (κ2) is 2.56. The molecule has 0 saturated heterocycles. The third-order valence-electron chi connectivity index (χ3n) is 2.41. The van der Waals surface area contributed by atoms with Gasteiger partial charge in [0.25, 0.3) is 0 Å². The Balaban J connectivity index is 2.56. The standard InChI is InChI=1S/C9H10N2O/c10-5-7-6-11(12)9-4-2-1-3-8(7)9/h6,12H,1-4H2. The maximum absolute atomic E-state index is 9.37. The molecule has 2 rings (SSSR count). The monoisotopic (exact) mass is 162 g/mol. The Morgan fingerprint density at radius 1 is 1.42 bits per heavy atom. The Morgan fingerprint density at radius 2 is 2.17 bits per heavy atom. The quantitative estimate of drug-likeness (QED) is 0.587. The van der Waals surface area contributed by atoms with Crippen molar-refractivity contribution >= 4 is 0 Å². The van der Waals surface area contributed by atoms with E-state index in [1.54, 1.807) is 0 Å². The van der Waals surface area contributed by atoms with Gasteiger partial charge in [-0.15, -0.1) is 0 Å². The molecule has 0 saturated carbocycles. The molecule has 3 nitrogen and oxygen atoms in total. The molecular weight excluding hydrogens is 152 g/mol. The first-order valence-corrected chi connectivity index (χ1v) is 4.15. The van der Waals surface area contributed by atoms with Gasteiger partial charge in [0.15, 0.2) is 0 Å². The summed E-state index contributed by atoms with van der Waals surface area (Å²) in [6.45, 7) is 0. The molecule has 0 aromatic carbocycles. The zero-order valence-corrected chi connectivity index (χ0v) is 6.75. The van der Waals surface area contributed by atoms with E-state index in [2.05, 4.69) is 6.07 Å². The fraction of sp³-hybridized carbons (Fsp3) is 0.444. The lowest BCUT2D eigenvalue weighted by atomic mass is 9.95. The number of rotatable bonds is 0. The van der Waals surface area contributed by atoms with Crippen LogP contribution in [0.25, 0.3) is 0 Å². The van der Waals surface area contributed by atoms with E-state index in [9.17, 15) is 5.21 Å². The van der Waals surface area contributed by atoms with Crippen LogP contribution in [0.5, 0.6) is 0 Å². The number of nitrogens with zero attached hydrogens (tertiary/aromatic N) is 2. The van der Waals surface area contributed by atoms with Crippen LogP contribution in [-0.4, -0.2) is 9.94 Å². The molecule has 0 atom stereocenters. The van der Waals surface area contributed by atoms with Crippen molar-refractivity contribution in [2.24, 2.45) is 0 Å². The molecule has 1 aromatic rings. The van der Waals surface area contributed by atoms with E-state index in [1.807, 2.05) is 0 Å². The molecule has 1 aromatic heterocycles. The van der Waals surface area contributed by atoms with E-state index in [4.69, 9.17) is 5.26 Å². The van der Waals surface area contributed by atoms with E-state index in [0.717, 1.165) is 41.7 Å². The normalized spacial score (nSPS) is 15.2. The smallest absolute Gasteiger partial charge is 0.101 e. The third kappa shape index (κ3) is 0.884. The number of fused-ring (bicyclic) bond motifs is 1. The highest BCUT2D eigenvalue weighted by Gasteiger charge is 2.18. The van der Waals surface area contributed by atoms with Gasteiger partial charge in [0.05, 0.1) is 17.5 Å². The van der Waals surface area contributed by atoms with E-state index in [-0.39, 0.29) is 0 Å². The van der Waals surface area contributed by atoms with E-state index >= 15 is 0 Å². The summed E-state index contributed by atoms with van der Waals surface area (Å²) in [5.74, 6) is 0. The summed E-state index contributed by atoms with van der Waals surface area (Å²) >= 11 is 0. The van der Waals surface area contributed by atoms with Gasteiger partial charge in [-0.1, -0.05) is 0 Å². The second-order valence-electron chi connectivity index (χ2n) is 3.13. The van der Waals surface area contributed by atoms with Crippen molar-refractivity contribution in [1.29, 1.82) is 5.26 Å². The zero-order valence-electron chi connectivity index (χ0n) is 6.75. The summed E-state index contributed by atoms with van der Waals surface area (Å²) in [7, 11) is 0. The molecule has 0 spiro atoms. The molecule has 3 heteroatoms. The van der Waals surface area contributed by atoms with E-state index in [1.165, 1.54) is 6.20 Å². The second-order valence-corrected chi connectivity index (χ2v) is 3.13. The van der Waals surface area contributed by atoms with Gasteiger partial charge in [-0.3, -0.25) is 0 Å². The van der Waals surface area contributed by atoms with Crippen LogP contribution in [0.1, 0.15) is 29.7 Å². The van der Waals surface area contributed by atoms with Crippen LogP contribution in [-0.2, 0) is 12.8 Å². The van der Waals surface area contributed by atoms with Crippen molar-refractivity contribution in [2.75, 3.05) is 0 Å². The van der Waals surface area contributed by atoms with Crippen molar-refractivity contribution in [2.45, 2.75) is 25.7 Å². The highest BCUT2D eigenvalue weighted by atomic mass is 16.5. The van der Waals surface area contributed by atoms with Gasteiger partial charge in [-0.25, -0.2) is 0 Å². The first kappa shape index (κ1) is 7.23. The summed E-state index contributed by atoms with van der Waals surface area (Å²) in [5, 5.41) is 18.1. The van der Waals surface area contributed by atoms with Gasteiger partial charge in [0.2, 0.25) is 0 Å². The maximum atomic E-state index is 9.37. The number of aromatic nitrogens is 1. The molecule has 0 bridgehead atoms. The lowest BCUT2D eigenvalue weighted by Gasteiger charge is -2.11. The summed E-state index contributed by atoms with van der Waals surface area (Å²) in [6, 6.07) is 2.10. The molecule has 0 amide bonds. The van der Waals surface area contributed by atoms with Crippen molar-refractivity contribution in [1.82, 2.24) is 4.73 Å². The highest BCUT2D eigenvalue weighted by molar-refractivity contribution is 5.41. The van der Waals surface area contributed by atoms with Gasteiger partial charge in [0.1, 0.15) is 6.07 Å². The molecule has 1 aliphatic rings. The van der Waals surface area contributed by atoms with Gasteiger partial charge in [-0.2, -0.15) is 9.99 Å². The summed E-state index contributed by atoms with van der Waals surface area (Å²) in [6.07, 6.45) is 5.59. The first-order chi connectivity index (χ1) is 5.83. The van der Waals surface area contributed by atoms with Gasteiger partial charge in [-0.05, 0) is 31.2 Å². The van der Waals surface area contributed by atoms with Crippen molar-refractivity contribution in [3.63, 3.8) is 0 Å². The Kier molecular flexibility index (Phi) is 1.54. The Labute approximate surface area is 70.8 Å². The SMILES string of the molecule is N#Cc1cn(O)c2c1CCCC2. The fourth-order valence-electron chi connectivity index (χ4n) is 1.81. The molecule has 62 valence electrons. The van der Waals surface area contributed by atoms with E-state index < -0.39 is 0 Å². The highest BCUT2D eigenvalue weighted by Crippen LogP contribution is 2.24. The Bertz CT molecular complexity index is 346. The summed E-state index contributed by atoms with van der Waals surface area (Å²) in [5.41, 5.74) is 2.61. The van der Waals surface area contributed by atoms with Crippen LogP contribution in [0.15, 0.2) is 6.20 Å². The van der Waals surface area contributed by atoms with Gasteiger partial charge < -0.3 is 5.21 Å². The topological polar surface area (TPSA) is 49.0 Å². The third-order valence-corrected chi connectivity index (χ3v) is 2.41. The molecule has 0 aliphatic heterocycles. The maximum Gasteiger partial charge on any atom is 0.101 e. The van der Waals surface area contributed by atoms with Crippen LogP contribution < -0.4 is 0 Å².